The average molecular weight is 489 g/mol. The summed E-state index contributed by atoms with van der Waals surface area (Å²) in [6.45, 7) is 2.16. The topological polar surface area (TPSA) is 101 Å². The maximum Gasteiger partial charge on any atom is 0.280 e. The summed E-state index contributed by atoms with van der Waals surface area (Å²) in [5, 5.41) is 6.80. The Morgan fingerprint density at radius 3 is 2.37 bits per heavy atom. The number of sulfonamides is 1. The van der Waals surface area contributed by atoms with Crippen molar-refractivity contribution >= 4 is 21.6 Å². The third-order valence-corrected chi connectivity index (χ3v) is 7.18. The summed E-state index contributed by atoms with van der Waals surface area (Å²) < 4.78 is 28.6. The van der Waals surface area contributed by atoms with Crippen LogP contribution in [0.1, 0.15) is 21.6 Å². The van der Waals surface area contributed by atoms with Crippen LogP contribution in [0.25, 0.3) is 5.69 Å². The number of nitrogens with zero attached hydrogens (tertiary/aromatic N) is 3. The highest BCUT2D eigenvalue weighted by molar-refractivity contribution is 7.89. The minimum atomic E-state index is -3.73. The average Bonchev–Trinajstić information content (AvgIpc) is 2.85. The van der Waals surface area contributed by atoms with Crippen molar-refractivity contribution in [2.45, 2.75) is 18.4 Å². The van der Waals surface area contributed by atoms with Crippen LogP contribution in [0.5, 0.6) is 0 Å². The van der Waals surface area contributed by atoms with E-state index < -0.39 is 21.4 Å². The van der Waals surface area contributed by atoms with Gasteiger partial charge in [-0.15, -0.1) is 0 Å². The molecule has 8 nitrogen and oxygen atoms in total. The summed E-state index contributed by atoms with van der Waals surface area (Å²) in [5.41, 5.74) is 2.15. The van der Waals surface area contributed by atoms with Crippen molar-refractivity contribution in [2.24, 2.45) is 0 Å². The van der Waals surface area contributed by atoms with Gasteiger partial charge >= 0.3 is 0 Å². The van der Waals surface area contributed by atoms with E-state index in [1.165, 1.54) is 52.6 Å². The van der Waals surface area contributed by atoms with Gasteiger partial charge in [-0.25, -0.2) is 13.1 Å². The van der Waals surface area contributed by atoms with Gasteiger partial charge in [-0.1, -0.05) is 42.5 Å². The molecule has 3 aromatic carbocycles. The molecular weight excluding hydrogens is 464 g/mol. The standard InChI is InChI=1S/C26H24N4O4S/c1-19-7-6-10-22(17-19)30-16-15-24(31)25(28-30)26(32)27-21-11-13-23(14-12-21)35(33,34)29(2)18-20-8-4-3-5-9-20/h3-17H,18H2,1-2H3,(H,27,32). The maximum absolute atomic E-state index is 12.9. The van der Waals surface area contributed by atoms with Crippen LogP contribution in [0.2, 0.25) is 0 Å². The maximum atomic E-state index is 12.9. The van der Waals surface area contributed by atoms with Crippen LogP contribution in [-0.2, 0) is 16.6 Å². The molecule has 0 aliphatic heterocycles. The van der Waals surface area contributed by atoms with Crippen molar-refractivity contribution < 1.29 is 13.2 Å². The van der Waals surface area contributed by atoms with Crippen LogP contribution in [-0.4, -0.2) is 35.5 Å². The number of aromatic nitrogens is 2. The van der Waals surface area contributed by atoms with Crippen molar-refractivity contribution in [1.82, 2.24) is 14.1 Å². The molecule has 1 amide bonds. The van der Waals surface area contributed by atoms with Crippen LogP contribution < -0.4 is 10.7 Å². The number of anilines is 1. The van der Waals surface area contributed by atoms with Gasteiger partial charge in [-0.05, 0) is 54.4 Å². The summed E-state index contributed by atoms with van der Waals surface area (Å²) in [5.74, 6) is -0.686. The Kier molecular flexibility index (Phi) is 6.90. The normalized spacial score (nSPS) is 11.4. The van der Waals surface area contributed by atoms with Crippen molar-refractivity contribution in [3.63, 3.8) is 0 Å². The molecule has 1 N–H and O–H groups in total. The predicted octanol–water partition coefficient (Wildman–Crippen LogP) is 3.61. The monoisotopic (exact) mass is 488 g/mol. The number of carbonyl (C=O) groups excluding carboxylic acids is 1. The molecule has 0 saturated carbocycles. The molecule has 9 heteroatoms. The highest BCUT2D eigenvalue weighted by Crippen LogP contribution is 2.19. The zero-order valence-electron chi connectivity index (χ0n) is 19.3. The Balaban J connectivity index is 1.50. The van der Waals surface area contributed by atoms with Crippen LogP contribution in [0, 0.1) is 6.92 Å². The summed E-state index contributed by atoms with van der Waals surface area (Å²) in [6.07, 6.45) is 1.50. The van der Waals surface area contributed by atoms with E-state index in [-0.39, 0.29) is 17.1 Å². The van der Waals surface area contributed by atoms with Gasteiger partial charge in [-0.2, -0.15) is 9.40 Å². The molecule has 1 heterocycles. The molecule has 35 heavy (non-hydrogen) atoms. The number of nitrogens with one attached hydrogen (secondary N) is 1. The quantitative estimate of drug-likeness (QED) is 0.428. The fraction of sp³-hybridized carbons (Fsp3) is 0.115. The summed E-state index contributed by atoms with van der Waals surface area (Å²) >= 11 is 0. The molecule has 0 atom stereocenters. The summed E-state index contributed by atoms with van der Waals surface area (Å²) in [4.78, 5) is 25.1. The van der Waals surface area contributed by atoms with Crippen LogP contribution >= 0.6 is 0 Å². The molecule has 178 valence electrons. The Bertz CT molecular complexity index is 1520. The second-order valence-electron chi connectivity index (χ2n) is 8.04. The molecule has 0 aliphatic carbocycles. The van der Waals surface area contributed by atoms with Gasteiger partial charge in [0, 0.05) is 31.5 Å². The van der Waals surface area contributed by atoms with Crippen molar-refractivity contribution in [3.8, 4) is 5.69 Å². The molecule has 1 aromatic heterocycles. The smallest absolute Gasteiger partial charge is 0.280 e. The fourth-order valence-electron chi connectivity index (χ4n) is 3.49. The lowest BCUT2D eigenvalue weighted by Gasteiger charge is -2.17. The van der Waals surface area contributed by atoms with Crippen molar-refractivity contribution in [1.29, 1.82) is 0 Å². The number of benzene rings is 3. The number of hydrogen-bond donors (Lipinski definition) is 1. The van der Waals surface area contributed by atoms with Crippen LogP contribution in [0.4, 0.5) is 5.69 Å². The van der Waals surface area contributed by atoms with E-state index in [0.29, 0.717) is 11.4 Å². The largest absolute Gasteiger partial charge is 0.320 e. The van der Waals surface area contributed by atoms with Crippen LogP contribution in [0.3, 0.4) is 0 Å². The highest BCUT2D eigenvalue weighted by Gasteiger charge is 2.21. The number of hydrogen-bond acceptors (Lipinski definition) is 5. The highest BCUT2D eigenvalue weighted by atomic mass is 32.2. The molecule has 0 unspecified atom stereocenters. The zero-order chi connectivity index (χ0) is 25.0. The third-order valence-electron chi connectivity index (χ3n) is 5.36. The van der Waals surface area contributed by atoms with Gasteiger partial charge in [0.05, 0.1) is 10.6 Å². The number of rotatable bonds is 7. The van der Waals surface area contributed by atoms with Crippen LogP contribution in [0.15, 0.2) is 101 Å². The van der Waals surface area contributed by atoms with Gasteiger partial charge in [0.15, 0.2) is 5.69 Å². The lowest BCUT2D eigenvalue weighted by Crippen LogP contribution is -2.27. The minimum Gasteiger partial charge on any atom is -0.320 e. The molecule has 0 saturated heterocycles. The molecule has 0 radical (unpaired) electrons. The fourth-order valence-corrected chi connectivity index (χ4v) is 4.64. The number of aryl methyl sites for hydroxylation is 1. The molecule has 0 fully saturated rings. The second kappa shape index (κ2) is 10.0. The van der Waals surface area contributed by atoms with E-state index in [2.05, 4.69) is 10.4 Å². The first-order valence-corrected chi connectivity index (χ1v) is 12.3. The summed E-state index contributed by atoms with van der Waals surface area (Å²) in [7, 11) is -2.21. The van der Waals surface area contributed by atoms with Crippen molar-refractivity contribution in [2.75, 3.05) is 12.4 Å². The molecule has 0 bridgehead atoms. The van der Waals surface area contributed by atoms with E-state index in [1.807, 2.05) is 61.5 Å². The lowest BCUT2D eigenvalue weighted by molar-refractivity contribution is 0.101. The molecule has 0 spiro atoms. The SMILES string of the molecule is Cc1cccc(-n2ccc(=O)c(C(=O)Nc3ccc(S(=O)(=O)N(C)Cc4ccccc4)cc3)n2)c1. The van der Waals surface area contributed by atoms with E-state index in [1.54, 1.807) is 0 Å². The molecule has 0 aliphatic rings. The number of amides is 1. The molecular formula is C26H24N4O4S. The van der Waals surface area contributed by atoms with Crippen molar-refractivity contribution in [3.05, 3.63) is 118 Å². The first-order valence-electron chi connectivity index (χ1n) is 10.8. The van der Waals surface area contributed by atoms with E-state index in [0.717, 1.165) is 11.1 Å². The Labute approximate surface area is 203 Å². The zero-order valence-corrected chi connectivity index (χ0v) is 20.1. The number of carbonyl (C=O) groups is 1. The van der Waals surface area contributed by atoms with E-state index in [4.69, 9.17) is 0 Å². The Morgan fingerprint density at radius 1 is 0.971 bits per heavy atom. The van der Waals surface area contributed by atoms with Gasteiger partial charge in [0.2, 0.25) is 15.5 Å². The van der Waals surface area contributed by atoms with Gasteiger partial charge in [0.25, 0.3) is 5.91 Å². The predicted molar refractivity (Wildman–Crippen MR) is 134 cm³/mol. The molecule has 4 aromatic rings. The Morgan fingerprint density at radius 2 is 1.69 bits per heavy atom. The van der Waals surface area contributed by atoms with Gasteiger partial charge < -0.3 is 5.32 Å². The van der Waals surface area contributed by atoms with E-state index >= 15 is 0 Å². The first-order chi connectivity index (χ1) is 16.7. The van der Waals surface area contributed by atoms with E-state index in [9.17, 15) is 18.0 Å². The second-order valence-corrected chi connectivity index (χ2v) is 10.1. The first kappa shape index (κ1) is 24.1. The molecule has 4 rings (SSSR count). The third kappa shape index (κ3) is 5.53. The lowest BCUT2D eigenvalue weighted by atomic mass is 10.2. The van der Waals surface area contributed by atoms with Gasteiger partial charge in [-0.3, -0.25) is 9.59 Å². The summed E-state index contributed by atoms with van der Waals surface area (Å²) in [6, 6.07) is 23.8. The Hall–Kier alpha value is -4.08. The van der Waals surface area contributed by atoms with Gasteiger partial charge in [0.1, 0.15) is 0 Å². The minimum absolute atomic E-state index is 0.0913.